The topological polar surface area (TPSA) is 0 Å². The summed E-state index contributed by atoms with van der Waals surface area (Å²) < 4.78 is 3.22. The number of allylic oxidation sites excluding steroid dienone is 4. The van der Waals surface area contributed by atoms with E-state index in [2.05, 4.69) is 71.2 Å². The van der Waals surface area contributed by atoms with E-state index in [1.807, 2.05) is 0 Å². The molecule has 0 heterocycles. The Morgan fingerprint density at radius 1 is 1.18 bits per heavy atom. The van der Waals surface area contributed by atoms with Crippen LogP contribution in [0.3, 0.4) is 0 Å². The lowest BCUT2D eigenvalue weighted by atomic mass is 9.70. The first-order valence-corrected chi connectivity index (χ1v) is 8.86. The Labute approximate surface area is 132 Å². The average Bonchev–Trinajstić information content (AvgIpc) is 2.49. The summed E-state index contributed by atoms with van der Waals surface area (Å²) in [4.78, 5) is 0. The van der Waals surface area contributed by atoms with E-state index >= 15 is 0 Å². The molecule has 3 unspecified atom stereocenters. The van der Waals surface area contributed by atoms with Crippen LogP contribution in [0.5, 0.6) is 0 Å². The van der Waals surface area contributed by atoms with Gasteiger partial charge in [0.15, 0.2) is 0 Å². The van der Waals surface area contributed by atoms with Gasteiger partial charge in [0.1, 0.15) is 0 Å². The molecule has 0 spiro atoms. The van der Waals surface area contributed by atoms with Gasteiger partial charge < -0.3 is 0 Å². The highest BCUT2D eigenvalue weighted by Crippen LogP contribution is 2.62. The molecular formula is C15H20I2. The molecule has 0 amide bonds. The Morgan fingerprint density at radius 3 is 2.71 bits per heavy atom. The normalized spacial score (nSPS) is 43.5. The van der Waals surface area contributed by atoms with E-state index < -0.39 is 0 Å². The van der Waals surface area contributed by atoms with Gasteiger partial charge in [0.05, 0.1) is 0 Å². The fourth-order valence-corrected chi connectivity index (χ4v) is 5.97. The van der Waals surface area contributed by atoms with E-state index in [0.29, 0.717) is 5.41 Å². The van der Waals surface area contributed by atoms with Crippen molar-refractivity contribution >= 4 is 45.2 Å². The second-order valence-electron chi connectivity index (χ2n) is 6.52. The third kappa shape index (κ3) is 2.05. The molecule has 2 heteroatoms. The van der Waals surface area contributed by atoms with Crippen LogP contribution >= 0.6 is 45.2 Å². The van der Waals surface area contributed by atoms with Crippen molar-refractivity contribution in [3.63, 3.8) is 0 Å². The maximum atomic E-state index is 2.61. The Morgan fingerprint density at radius 2 is 1.94 bits per heavy atom. The van der Waals surface area contributed by atoms with E-state index in [0.717, 1.165) is 23.7 Å². The molecule has 0 aromatic rings. The third-order valence-corrected chi connectivity index (χ3v) is 7.23. The average molecular weight is 454 g/mol. The lowest BCUT2D eigenvalue weighted by molar-refractivity contribution is 0.186. The zero-order chi connectivity index (χ0) is 12.2. The first-order chi connectivity index (χ1) is 8.00. The molecule has 0 saturated heterocycles. The Hall–Kier alpha value is 0.940. The van der Waals surface area contributed by atoms with Crippen molar-refractivity contribution < 1.29 is 0 Å². The van der Waals surface area contributed by atoms with Crippen LogP contribution < -0.4 is 0 Å². The fourth-order valence-electron chi connectivity index (χ4n) is 4.54. The van der Waals surface area contributed by atoms with Crippen LogP contribution in [0.2, 0.25) is 0 Å². The molecule has 3 aliphatic rings. The predicted molar refractivity (Wildman–Crippen MR) is 90.4 cm³/mol. The van der Waals surface area contributed by atoms with Gasteiger partial charge in [0.25, 0.3) is 0 Å². The van der Waals surface area contributed by atoms with Gasteiger partial charge in [-0.15, -0.1) is 0 Å². The summed E-state index contributed by atoms with van der Waals surface area (Å²) in [5.74, 6) is 3.70. The van der Waals surface area contributed by atoms with Crippen molar-refractivity contribution in [2.45, 2.75) is 39.5 Å². The van der Waals surface area contributed by atoms with Gasteiger partial charge in [-0.25, -0.2) is 0 Å². The maximum absolute atomic E-state index is 2.61. The zero-order valence-corrected chi connectivity index (χ0v) is 14.9. The van der Waals surface area contributed by atoms with Gasteiger partial charge in [-0.1, -0.05) is 26.0 Å². The van der Waals surface area contributed by atoms with Gasteiger partial charge in [-0.05, 0) is 107 Å². The molecule has 3 aliphatic carbocycles. The second-order valence-corrected chi connectivity index (χ2v) is 9.30. The third-order valence-electron chi connectivity index (χ3n) is 5.45. The number of hydrogen-bond acceptors (Lipinski definition) is 0. The highest BCUT2D eigenvalue weighted by molar-refractivity contribution is 14.1. The minimum Gasteiger partial charge on any atom is -0.0749 e. The Balaban J connectivity index is 1.98. The van der Waals surface area contributed by atoms with Crippen molar-refractivity contribution in [3.05, 3.63) is 19.3 Å². The van der Waals surface area contributed by atoms with Crippen LogP contribution in [0, 0.1) is 29.1 Å². The van der Waals surface area contributed by atoms with Crippen molar-refractivity contribution in [3.8, 4) is 0 Å². The van der Waals surface area contributed by atoms with E-state index in [1.165, 1.54) is 25.7 Å². The standard InChI is InChI=1S/C15H20I2/c1-15(2)13-7-9(16)3-5-11(13)12-6-4-10(17)8-14(12)15/h3,8,11-14H,4-7H2,1-2H3/t11?,12?,13?,14-/m0/s1. The van der Waals surface area contributed by atoms with Crippen molar-refractivity contribution in [2.75, 3.05) is 0 Å². The molecule has 0 aliphatic heterocycles. The van der Waals surface area contributed by atoms with Gasteiger partial charge in [-0.3, -0.25) is 0 Å². The van der Waals surface area contributed by atoms with Crippen molar-refractivity contribution in [2.24, 2.45) is 29.1 Å². The number of hydrogen-bond donors (Lipinski definition) is 0. The monoisotopic (exact) mass is 454 g/mol. The summed E-state index contributed by atoms with van der Waals surface area (Å²) in [6, 6.07) is 0. The molecule has 17 heavy (non-hydrogen) atoms. The second kappa shape index (κ2) is 4.50. The van der Waals surface area contributed by atoms with Crippen molar-refractivity contribution in [1.29, 1.82) is 0 Å². The highest BCUT2D eigenvalue weighted by atomic mass is 127. The summed E-state index contributed by atoms with van der Waals surface area (Å²) >= 11 is 5.11. The van der Waals surface area contributed by atoms with Crippen LogP contribution in [0.1, 0.15) is 39.5 Å². The molecule has 1 saturated carbocycles. The van der Waals surface area contributed by atoms with Crippen LogP contribution in [0.4, 0.5) is 0 Å². The van der Waals surface area contributed by atoms with Crippen LogP contribution in [0.25, 0.3) is 0 Å². The van der Waals surface area contributed by atoms with Gasteiger partial charge >= 0.3 is 0 Å². The summed E-state index contributed by atoms with van der Waals surface area (Å²) in [5, 5.41) is 0. The van der Waals surface area contributed by atoms with Gasteiger partial charge in [-0.2, -0.15) is 0 Å². The molecular weight excluding hydrogens is 434 g/mol. The lowest BCUT2D eigenvalue weighted by Crippen LogP contribution is -2.27. The number of rotatable bonds is 0. The first-order valence-electron chi connectivity index (χ1n) is 6.71. The quantitative estimate of drug-likeness (QED) is 0.411. The zero-order valence-electron chi connectivity index (χ0n) is 10.5. The minimum atomic E-state index is 0.511. The Kier molecular flexibility index (Phi) is 3.42. The smallest absolute Gasteiger partial charge is 0.0131 e. The SMILES string of the molecule is CC1(C)C2CC(I)=CCC2C2CCC(I)=C[C@@H]21. The van der Waals surface area contributed by atoms with Crippen molar-refractivity contribution in [1.82, 2.24) is 0 Å². The van der Waals surface area contributed by atoms with E-state index in [4.69, 9.17) is 0 Å². The molecule has 0 nitrogen and oxygen atoms in total. The summed E-state index contributed by atoms with van der Waals surface area (Å²) in [7, 11) is 0. The Bertz CT molecular complexity index is 392. The molecule has 4 atom stereocenters. The summed E-state index contributed by atoms with van der Waals surface area (Å²) in [5.41, 5.74) is 0.511. The minimum absolute atomic E-state index is 0.511. The van der Waals surface area contributed by atoms with E-state index in [9.17, 15) is 0 Å². The predicted octanol–water partition coefficient (Wildman–Crippen LogP) is 5.72. The largest absolute Gasteiger partial charge is 0.0749 e. The molecule has 0 radical (unpaired) electrons. The van der Waals surface area contributed by atoms with Gasteiger partial charge in [0.2, 0.25) is 0 Å². The fraction of sp³-hybridized carbons (Fsp3) is 0.733. The number of halogens is 2. The molecule has 1 fully saturated rings. The lowest BCUT2D eigenvalue weighted by Gasteiger charge is -2.35. The molecule has 3 rings (SSSR count). The van der Waals surface area contributed by atoms with Crippen LogP contribution in [-0.2, 0) is 0 Å². The van der Waals surface area contributed by atoms with Crippen LogP contribution in [-0.4, -0.2) is 0 Å². The molecule has 94 valence electrons. The maximum Gasteiger partial charge on any atom is -0.0131 e. The van der Waals surface area contributed by atoms with E-state index in [-0.39, 0.29) is 0 Å². The van der Waals surface area contributed by atoms with Gasteiger partial charge in [0, 0.05) is 0 Å². The first kappa shape index (κ1) is 12.9. The molecule has 0 N–H and O–H groups in total. The summed E-state index contributed by atoms with van der Waals surface area (Å²) in [6.45, 7) is 5.05. The molecule has 0 aromatic carbocycles. The van der Waals surface area contributed by atoms with Crippen LogP contribution in [0.15, 0.2) is 19.3 Å². The molecule has 0 bridgehead atoms. The molecule has 0 aromatic heterocycles. The number of fused-ring (bicyclic) bond motifs is 3. The van der Waals surface area contributed by atoms with E-state index in [1.54, 1.807) is 7.16 Å². The highest BCUT2D eigenvalue weighted by Gasteiger charge is 2.54. The summed E-state index contributed by atoms with van der Waals surface area (Å²) in [6.07, 6.45) is 10.6.